The minimum atomic E-state index is -0.139. The van der Waals surface area contributed by atoms with Crippen LogP contribution in [0.4, 0.5) is 5.95 Å². The number of hydrogen-bond donors (Lipinski definition) is 1. The van der Waals surface area contributed by atoms with Crippen molar-refractivity contribution in [2.45, 2.75) is 11.8 Å². The van der Waals surface area contributed by atoms with Crippen LogP contribution in [0.5, 0.6) is 5.75 Å². The number of carbonyl (C=O) groups is 1. The number of aromatic amines is 1. The van der Waals surface area contributed by atoms with Crippen LogP contribution in [0.2, 0.25) is 0 Å². The molecule has 0 bridgehead atoms. The number of alkyl halides is 1. The molecule has 2 aromatic rings. The number of benzene rings is 1. The molecule has 6 heteroatoms. The monoisotopic (exact) mass is 265 g/mol. The van der Waals surface area contributed by atoms with Gasteiger partial charge in [-0.15, -0.1) is 11.6 Å². The van der Waals surface area contributed by atoms with E-state index in [0.717, 1.165) is 16.8 Å². The van der Waals surface area contributed by atoms with Crippen LogP contribution >= 0.6 is 11.6 Å². The first-order valence-electron chi connectivity index (χ1n) is 5.65. The van der Waals surface area contributed by atoms with Crippen molar-refractivity contribution in [2.75, 3.05) is 18.6 Å². The number of hydrogen-bond acceptors (Lipinski definition) is 3. The first-order valence-corrected chi connectivity index (χ1v) is 6.09. The van der Waals surface area contributed by atoms with Gasteiger partial charge in [-0.05, 0) is 12.1 Å². The lowest BCUT2D eigenvalue weighted by Crippen LogP contribution is -2.25. The summed E-state index contributed by atoms with van der Waals surface area (Å²) in [5.41, 5.74) is 1.65. The number of amides is 1. The van der Waals surface area contributed by atoms with Crippen molar-refractivity contribution in [1.82, 2.24) is 9.97 Å². The number of anilines is 1. The first-order chi connectivity index (χ1) is 8.67. The highest BCUT2D eigenvalue weighted by molar-refractivity contribution is 6.24. The molecule has 1 atom stereocenters. The average molecular weight is 266 g/mol. The molecule has 2 heterocycles. The van der Waals surface area contributed by atoms with Crippen molar-refractivity contribution in [3.05, 3.63) is 18.2 Å². The lowest BCUT2D eigenvalue weighted by molar-refractivity contribution is -0.117. The van der Waals surface area contributed by atoms with Crippen molar-refractivity contribution in [3.63, 3.8) is 0 Å². The summed E-state index contributed by atoms with van der Waals surface area (Å²) in [5, 5.41) is -0.139. The second-order valence-corrected chi connectivity index (χ2v) is 4.87. The maximum Gasteiger partial charge on any atom is 0.230 e. The molecule has 3 rings (SSSR count). The lowest BCUT2D eigenvalue weighted by Gasteiger charge is -2.10. The summed E-state index contributed by atoms with van der Waals surface area (Å²) in [6.45, 7) is 0.497. The molecule has 1 N–H and O–H groups in total. The fourth-order valence-corrected chi connectivity index (χ4v) is 2.37. The Morgan fingerprint density at radius 1 is 1.56 bits per heavy atom. The highest BCUT2D eigenvalue weighted by Gasteiger charge is 2.30. The number of nitrogens with zero attached hydrogens (tertiary/aromatic N) is 2. The van der Waals surface area contributed by atoms with Crippen molar-refractivity contribution in [3.8, 4) is 5.75 Å². The van der Waals surface area contributed by atoms with Gasteiger partial charge in [0.15, 0.2) is 0 Å². The maximum absolute atomic E-state index is 11.7. The van der Waals surface area contributed by atoms with Crippen LogP contribution in [0, 0.1) is 0 Å². The quantitative estimate of drug-likeness (QED) is 0.844. The zero-order chi connectivity index (χ0) is 12.7. The number of H-pyrrole nitrogens is 1. The number of fused-ring (bicyclic) bond motifs is 1. The molecule has 5 nitrogen and oxygen atoms in total. The maximum atomic E-state index is 11.7. The molecule has 1 aliphatic rings. The Labute approximate surface area is 109 Å². The van der Waals surface area contributed by atoms with E-state index in [-0.39, 0.29) is 11.3 Å². The fraction of sp³-hybridized carbons (Fsp3) is 0.333. The molecule has 1 unspecified atom stereocenters. The lowest BCUT2D eigenvalue weighted by atomic mass is 10.3. The van der Waals surface area contributed by atoms with E-state index in [1.54, 1.807) is 12.0 Å². The van der Waals surface area contributed by atoms with Crippen molar-refractivity contribution in [1.29, 1.82) is 0 Å². The topological polar surface area (TPSA) is 58.2 Å². The van der Waals surface area contributed by atoms with E-state index >= 15 is 0 Å². The summed E-state index contributed by atoms with van der Waals surface area (Å²) in [4.78, 5) is 20.8. The SMILES string of the molecule is COc1ccc2nc(N3CC(Cl)CC3=O)[nH]c2c1. The predicted molar refractivity (Wildman–Crippen MR) is 69.3 cm³/mol. The molecule has 94 valence electrons. The molecule has 1 aromatic heterocycles. The Kier molecular flexibility index (Phi) is 2.63. The number of halogens is 1. The Balaban J connectivity index is 2.00. The summed E-state index contributed by atoms with van der Waals surface area (Å²) in [5.74, 6) is 1.30. The van der Waals surface area contributed by atoms with Gasteiger partial charge in [0.25, 0.3) is 0 Å². The second kappa shape index (κ2) is 4.17. The van der Waals surface area contributed by atoms with Gasteiger partial charge in [-0.2, -0.15) is 0 Å². The first kappa shape index (κ1) is 11.3. The number of rotatable bonds is 2. The van der Waals surface area contributed by atoms with Crippen LogP contribution in [0.3, 0.4) is 0 Å². The number of aromatic nitrogens is 2. The standard InChI is InChI=1S/C12H12ClN3O2/c1-18-8-2-3-9-10(5-8)15-12(14-9)16-6-7(13)4-11(16)17/h2-3,5,7H,4,6H2,1H3,(H,14,15). The van der Waals surface area contributed by atoms with Crippen LogP contribution in [0.25, 0.3) is 11.0 Å². The highest BCUT2D eigenvalue weighted by atomic mass is 35.5. The molecule has 1 amide bonds. The second-order valence-electron chi connectivity index (χ2n) is 4.25. The van der Waals surface area contributed by atoms with E-state index in [9.17, 15) is 4.79 Å². The largest absolute Gasteiger partial charge is 0.497 e. The van der Waals surface area contributed by atoms with E-state index in [4.69, 9.17) is 16.3 Å². The predicted octanol–water partition coefficient (Wildman–Crippen LogP) is 1.92. The molecule has 1 aromatic carbocycles. The summed E-state index contributed by atoms with van der Waals surface area (Å²) in [7, 11) is 1.61. The number of nitrogens with one attached hydrogen (secondary N) is 1. The van der Waals surface area contributed by atoms with Gasteiger partial charge in [0.05, 0.1) is 23.5 Å². The Bertz CT molecular complexity index is 610. The Hall–Kier alpha value is -1.75. The summed E-state index contributed by atoms with van der Waals surface area (Å²) < 4.78 is 5.15. The fourth-order valence-electron chi connectivity index (χ4n) is 2.10. The average Bonchev–Trinajstić information content (AvgIpc) is 2.90. The normalized spacial score (nSPS) is 19.8. The van der Waals surface area contributed by atoms with Gasteiger partial charge in [-0.1, -0.05) is 0 Å². The molecule has 1 aliphatic heterocycles. The highest BCUT2D eigenvalue weighted by Crippen LogP contribution is 2.26. The molecular weight excluding hydrogens is 254 g/mol. The Morgan fingerprint density at radius 3 is 3.06 bits per heavy atom. The van der Waals surface area contributed by atoms with Gasteiger partial charge in [0, 0.05) is 19.0 Å². The van der Waals surface area contributed by atoms with E-state index in [1.165, 1.54) is 0 Å². The molecule has 18 heavy (non-hydrogen) atoms. The van der Waals surface area contributed by atoms with Crippen molar-refractivity contribution >= 4 is 34.5 Å². The molecule has 0 radical (unpaired) electrons. The van der Waals surface area contributed by atoms with Crippen molar-refractivity contribution < 1.29 is 9.53 Å². The Morgan fingerprint density at radius 2 is 2.39 bits per heavy atom. The minimum absolute atomic E-state index is 0.000945. The summed E-state index contributed by atoms with van der Waals surface area (Å²) >= 11 is 5.97. The third-order valence-corrected chi connectivity index (χ3v) is 3.30. The zero-order valence-electron chi connectivity index (χ0n) is 9.81. The number of imidazole rings is 1. The molecule has 0 spiro atoms. The van der Waals surface area contributed by atoms with E-state index in [0.29, 0.717) is 18.9 Å². The minimum Gasteiger partial charge on any atom is -0.497 e. The van der Waals surface area contributed by atoms with Crippen LogP contribution in [-0.2, 0) is 4.79 Å². The molecule has 0 aliphatic carbocycles. The number of ether oxygens (including phenoxy) is 1. The summed E-state index contributed by atoms with van der Waals surface area (Å²) in [6, 6.07) is 5.54. The van der Waals surface area contributed by atoms with Gasteiger partial charge in [0.2, 0.25) is 11.9 Å². The van der Waals surface area contributed by atoms with Gasteiger partial charge in [0.1, 0.15) is 5.75 Å². The van der Waals surface area contributed by atoms with E-state index in [1.807, 2.05) is 18.2 Å². The molecule has 1 fully saturated rings. The molecule has 0 saturated carbocycles. The third kappa shape index (κ3) is 1.80. The number of methoxy groups -OCH3 is 1. The van der Waals surface area contributed by atoms with E-state index < -0.39 is 0 Å². The van der Waals surface area contributed by atoms with Crippen molar-refractivity contribution in [2.24, 2.45) is 0 Å². The third-order valence-electron chi connectivity index (χ3n) is 3.01. The van der Waals surface area contributed by atoms with E-state index in [2.05, 4.69) is 9.97 Å². The molecule has 1 saturated heterocycles. The van der Waals surface area contributed by atoms with Crippen LogP contribution in [-0.4, -0.2) is 34.9 Å². The van der Waals surface area contributed by atoms with Gasteiger partial charge in [-0.3, -0.25) is 9.69 Å². The number of carbonyl (C=O) groups excluding carboxylic acids is 1. The smallest absolute Gasteiger partial charge is 0.230 e. The van der Waals surface area contributed by atoms with Gasteiger partial charge in [-0.25, -0.2) is 4.98 Å². The van der Waals surface area contributed by atoms with Crippen LogP contribution in [0.1, 0.15) is 6.42 Å². The summed E-state index contributed by atoms with van der Waals surface area (Å²) in [6.07, 6.45) is 0.363. The van der Waals surface area contributed by atoms with Gasteiger partial charge < -0.3 is 9.72 Å². The van der Waals surface area contributed by atoms with Gasteiger partial charge >= 0.3 is 0 Å². The molecular formula is C12H12ClN3O2. The van der Waals surface area contributed by atoms with Crippen LogP contribution in [0.15, 0.2) is 18.2 Å². The van der Waals surface area contributed by atoms with Crippen LogP contribution < -0.4 is 9.64 Å². The zero-order valence-corrected chi connectivity index (χ0v) is 10.6.